The molecule has 1 heterocycles. The number of carbonyl (C=O) groups is 1. The number of benzene rings is 2. The molecule has 0 radical (unpaired) electrons. The highest BCUT2D eigenvalue weighted by Gasteiger charge is 2.19. The second-order valence-electron chi connectivity index (χ2n) is 5.29. The normalized spacial score (nSPS) is 10.4. The van der Waals surface area contributed by atoms with Gasteiger partial charge in [0.2, 0.25) is 0 Å². The van der Waals surface area contributed by atoms with E-state index in [1.807, 2.05) is 0 Å². The van der Waals surface area contributed by atoms with E-state index in [1.165, 1.54) is 19.2 Å². The molecule has 3 rings (SSSR count). The Hall–Kier alpha value is -3.75. The van der Waals surface area contributed by atoms with E-state index in [0.29, 0.717) is 17.1 Å². The maximum atomic E-state index is 12.5. The Bertz CT molecular complexity index is 983. The lowest BCUT2D eigenvalue weighted by atomic mass is 10.1. The van der Waals surface area contributed by atoms with Gasteiger partial charge in [-0.2, -0.15) is 4.98 Å². The van der Waals surface area contributed by atoms with Gasteiger partial charge >= 0.3 is 5.69 Å². The van der Waals surface area contributed by atoms with Gasteiger partial charge in [-0.05, 0) is 31.2 Å². The molecule has 0 atom stereocenters. The first-order valence-electron chi connectivity index (χ1n) is 7.53. The van der Waals surface area contributed by atoms with Crippen LogP contribution in [0.25, 0.3) is 11.5 Å². The molecule has 1 N–H and O–H groups in total. The summed E-state index contributed by atoms with van der Waals surface area (Å²) >= 11 is 0. The molecule has 0 aliphatic carbocycles. The topological polar surface area (TPSA) is 120 Å². The molecule has 1 aromatic heterocycles. The molecule has 132 valence electrons. The van der Waals surface area contributed by atoms with Crippen LogP contribution in [0.4, 0.5) is 11.4 Å². The van der Waals surface area contributed by atoms with Crippen molar-refractivity contribution in [1.82, 2.24) is 10.1 Å². The Labute approximate surface area is 147 Å². The van der Waals surface area contributed by atoms with Crippen molar-refractivity contribution in [1.29, 1.82) is 0 Å². The zero-order valence-corrected chi connectivity index (χ0v) is 13.9. The number of methoxy groups -OCH3 is 1. The molecule has 0 aliphatic rings. The monoisotopic (exact) mass is 354 g/mol. The van der Waals surface area contributed by atoms with Gasteiger partial charge in [0, 0.05) is 11.6 Å². The van der Waals surface area contributed by atoms with Gasteiger partial charge in [-0.3, -0.25) is 14.9 Å². The minimum Gasteiger partial charge on any atom is -0.490 e. The van der Waals surface area contributed by atoms with E-state index in [2.05, 4.69) is 15.5 Å². The van der Waals surface area contributed by atoms with E-state index in [0.717, 1.165) is 6.07 Å². The SMILES string of the molecule is COc1ccc(C(=O)Nc2ccccc2-c2nc(C)no2)cc1[N+](=O)[O-]. The van der Waals surface area contributed by atoms with Crippen molar-refractivity contribution in [2.45, 2.75) is 6.92 Å². The first-order chi connectivity index (χ1) is 12.5. The number of ether oxygens (including phenoxy) is 1. The Morgan fingerprint density at radius 2 is 2.04 bits per heavy atom. The molecule has 9 nitrogen and oxygen atoms in total. The highest BCUT2D eigenvalue weighted by atomic mass is 16.6. The highest BCUT2D eigenvalue weighted by Crippen LogP contribution is 2.29. The minimum atomic E-state index is -0.606. The first-order valence-corrected chi connectivity index (χ1v) is 7.53. The summed E-state index contributed by atoms with van der Waals surface area (Å²) in [5.74, 6) is 0.291. The molecular formula is C17H14N4O5. The van der Waals surface area contributed by atoms with Gasteiger partial charge in [-0.15, -0.1) is 0 Å². The molecule has 1 amide bonds. The number of aryl methyl sites for hydroxylation is 1. The van der Waals surface area contributed by atoms with E-state index >= 15 is 0 Å². The lowest BCUT2D eigenvalue weighted by molar-refractivity contribution is -0.385. The maximum absolute atomic E-state index is 12.5. The molecule has 0 aliphatic heterocycles. The van der Waals surface area contributed by atoms with Gasteiger partial charge in [-0.25, -0.2) is 0 Å². The largest absolute Gasteiger partial charge is 0.490 e. The number of amides is 1. The van der Waals surface area contributed by atoms with Gasteiger partial charge < -0.3 is 14.6 Å². The van der Waals surface area contributed by atoms with Crippen LogP contribution in [0.3, 0.4) is 0 Å². The first kappa shape index (κ1) is 17.1. The molecule has 0 saturated heterocycles. The summed E-state index contributed by atoms with van der Waals surface area (Å²) in [7, 11) is 1.32. The summed E-state index contributed by atoms with van der Waals surface area (Å²) in [5.41, 5.74) is 0.819. The van der Waals surface area contributed by atoms with E-state index in [4.69, 9.17) is 9.26 Å². The highest BCUT2D eigenvalue weighted by molar-refractivity contribution is 6.06. The third-order valence-corrected chi connectivity index (χ3v) is 3.57. The predicted octanol–water partition coefficient (Wildman–Crippen LogP) is 3.21. The number of carbonyl (C=O) groups excluding carboxylic acids is 1. The molecule has 0 bridgehead atoms. The molecule has 2 aromatic carbocycles. The zero-order valence-electron chi connectivity index (χ0n) is 13.9. The number of nitro benzene ring substituents is 1. The third kappa shape index (κ3) is 3.36. The number of rotatable bonds is 5. The Morgan fingerprint density at radius 3 is 2.69 bits per heavy atom. The van der Waals surface area contributed by atoms with E-state index in [9.17, 15) is 14.9 Å². The van der Waals surface area contributed by atoms with Gasteiger partial charge in [0.05, 0.1) is 23.3 Å². The van der Waals surface area contributed by atoms with Crippen LogP contribution in [0.1, 0.15) is 16.2 Å². The molecule has 0 fully saturated rings. The minimum absolute atomic E-state index is 0.0771. The maximum Gasteiger partial charge on any atom is 0.311 e. The number of hydrogen-bond donors (Lipinski definition) is 1. The summed E-state index contributed by atoms with van der Waals surface area (Å²) in [5, 5.41) is 17.6. The standard InChI is InChI=1S/C17H14N4O5/c1-10-18-17(26-20-10)12-5-3-4-6-13(12)19-16(22)11-7-8-15(25-2)14(9-11)21(23)24/h3-9H,1-2H3,(H,19,22). The van der Waals surface area contributed by atoms with Crippen molar-refractivity contribution in [3.63, 3.8) is 0 Å². The third-order valence-electron chi connectivity index (χ3n) is 3.57. The molecule has 0 saturated carbocycles. The molecule has 3 aromatic rings. The fourth-order valence-electron chi connectivity index (χ4n) is 2.35. The molecule has 9 heteroatoms. The average molecular weight is 354 g/mol. The van der Waals surface area contributed by atoms with Crippen LogP contribution in [0.5, 0.6) is 5.75 Å². The van der Waals surface area contributed by atoms with Crippen LogP contribution in [0, 0.1) is 17.0 Å². The Morgan fingerprint density at radius 1 is 1.27 bits per heavy atom. The van der Waals surface area contributed by atoms with E-state index in [-0.39, 0.29) is 22.9 Å². The van der Waals surface area contributed by atoms with Crippen LogP contribution in [-0.4, -0.2) is 28.1 Å². The molecule has 26 heavy (non-hydrogen) atoms. The van der Waals surface area contributed by atoms with Crippen molar-refractivity contribution in [3.8, 4) is 17.2 Å². The average Bonchev–Trinajstić information content (AvgIpc) is 3.07. The zero-order chi connectivity index (χ0) is 18.7. The fraction of sp³-hybridized carbons (Fsp3) is 0.118. The molecule has 0 spiro atoms. The summed E-state index contributed by atoms with van der Waals surface area (Å²) in [4.78, 5) is 27.2. The Balaban J connectivity index is 1.92. The molecule has 0 unspecified atom stereocenters. The van der Waals surface area contributed by atoms with Crippen molar-refractivity contribution in [2.24, 2.45) is 0 Å². The van der Waals surface area contributed by atoms with Crippen LogP contribution in [0.2, 0.25) is 0 Å². The van der Waals surface area contributed by atoms with Crippen LogP contribution in [0.15, 0.2) is 47.0 Å². The number of hydrogen-bond acceptors (Lipinski definition) is 7. The van der Waals surface area contributed by atoms with E-state index < -0.39 is 10.8 Å². The predicted molar refractivity (Wildman–Crippen MR) is 92.1 cm³/mol. The quantitative estimate of drug-likeness (QED) is 0.551. The number of anilines is 1. The summed E-state index contributed by atoms with van der Waals surface area (Å²) < 4.78 is 10.1. The van der Waals surface area contributed by atoms with Crippen molar-refractivity contribution in [3.05, 3.63) is 64.0 Å². The van der Waals surface area contributed by atoms with Crippen molar-refractivity contribution in [2.75, 3.05) is 12.4 Å². The van der Waals surface area contributed by atoms with Gasteiger partial charge in [0.1, 0.15) is 0 Å². The fourth-order valence-corrected chi connectivity index (χ4v) is 2.35. The summed E-state index contributed by atoms with van der Waals surface area (Å²) in [6.45, 7) is 1.69. The van der Waals surface area contributed by atoms with Crippen LogP contribution >= 0.6 is 0 Å². The van der Waals surface area contributed by atoms with Crippen molar-refractivity contribution >= 4 is 17.3 Å². The second-order valence-corrected chi connectivity index (χ2v) is 5.29. The smallest absolute Gasteiger partial charge is 0.311 e. The number of nitro groups is 1. The van der Waals surface area contributed by atoms with Gasteiger partial charge in [0.15, 0.2) is 11.6 Å². The van der Waals surface area contributed by atoms with Gasteiger partial charge in [0.25, 0.3) is 11.8 Å². The number of aromatic nitrogens is 2. The summed E-state index contributed by atoms with van der Waals surface area (Å²) in [6.07, 6.45) is 0. The van der Waals surface area contributed by atoms with E-state index in [1.54, 1.807) is 31.2 Å². The molecular weight excluding hydrogens is 340 g/mol. The van der Waals surface area contributed by atoms with Crippen LogP contribution < -0.4 is 10.1 Å². The summed E-state index contributed by atoms with van der Waals surface area (Å²) in [6, 6.07) is 10.9. The van der Waals surface area contributed by atoms with Crippen LogP contribution in [-0.2, 0) is 0 Å². The Kier molecular flexibility index (Phi) is 4.61. The lowest BCUT2D eigenvalue weighted by Crippen LogP contribution is -2.13. The van der Waals surface area contributed by atoms with Crippen molar-refractivity contribution < 1.29 is 19.0 Å². The second kappa shape index (κ2) is 7.01. The lowest BCUT2D eigenvalue weighted by Gasteiger charge is -2.09. The number of nitrogens with one attached hydrogen (secondary N) is 1. The number of para-hydroxylation sites is 1. The van der Waals surface area contributed by atoms with Gasteiger partial charge in [-0.1, -0.05) is 17.3 Å². The number of nitrogens with zero attached hydrogens (tertiary/aromatic N) is 3.